The third-order valence-corrected chi connectivity index (χ3v) is 3.63. The van der Waals surface area contributed by atoms with Crippen molar-refractivity contribution in [2.75, 3.05) is 6.61 Å². The van der Waals surface area contributed by atoms with E-state index < -0.39 is 17.3 Å². The zero-order valence-corrected chi connectivity index (χ0v) is 13.1. The quantitative estimate of drug-likeness (QED) is 0.567. The minimum absolute atomic E-state index is 0.0302. The van der Waals surface area contributed by atoms with Gasteiger partial charge < -0.3 is 9.72 Å². The van der Waals surface area contributed by atoms with Crippen LogP contribution in [0.1, 0.15) is 11.4 Å². The Hall–Kier alpha value is -2.38. The van der Waals surface area contributed by atoms with E-state index in [0.29, 0.717) is 13.0 Å². The maximum Gasteiger partial charge on any atom is 0.260 e. The Morgan fingerprint density at radius 2 is 2.00 bits per heavy atom. The Morgan fingerprint density at radius 1 is 1.17 bits per heavy atom. The van der Waals surface area contributed by atoms with Crippen molar-refractivity contribution in [3.05, 3.63) is 68.9 Å². The highest BCUT2D eigenvalue weighted by Crippen LogP contribution is 2.16. The lowest BCUT2D eigenvalue weighted by molar-refractivity contribution is 0.118. The van der Waals surface area contributed by atoms with Crippen LogP contribution in [0, 0.1) is 11.8 Å². The van der Waals surface area contributed by atoms with Crippen LogP contribution in [0.15, 0.2) is 35.1 Å². The molecule has 5 nitrogen and oxygen atoms in total. The first-order chi connectivity index (χ1) is 11.5. The Morgan fingerprint density at radius 3 is 2.79 bits per heavy atom. The van der Waals surface area contributed by atoms with Crippen molar-refractivity contribution in [3.8, 4) is 0 Å². The molecule has 1 aromatic carbocycles. The number of hydrogen-bond acceptors (Lipinski definition) is 4. The number of fused-ring (bicyclic) bond motifs is 1. The average Bonchev–Trinajstić information content (AvgIpc) is 2.54. The van der Waals surface area contributed by atoms with Gasteiger partial charge in [0.15, 0.2) is 5.65 Å². The van der Waals surface area contributed by atoms with E-state index in [9.17, 15) is 13.6 Å². The molecule has 0 unspecified atom stereocenters. The van der Waals surface area contributed by atoms with Gasteiger partial charge in [-0.25, -0.2) is 9.37 Å². The minimum atomic E-state index is -0.708. The second kappa shape index (κ2) is 7.02. The molecule has 0 amide bonds. The summed E-state index contributed by atoms with van der Waals surface area (Å²) in [6.07, 6.45) is 0.519. The van der Waals surface area contributed by atoms with E-state index >= 15 is 0 Å². The molecule has 0 saturated carbocycles. The third-order valence-electron chi connectivity index (χ3n) is 3.34. The number of halogens is 3. The maximum absolute atomic E-state index is 13.1. The number of aromatic nitrogens is 3. The van der Waals surface area contributed by atoms with E-state index in [0.717, 1.165) is 11.6 Å². The average molecular weight is 352 g/mol. The predicted octanol–water partition coefficient (Wildman–Crippen LogP) is 3.01. The van der Waals surface area contributed by atoms with Gasteiger partial charge in [0.05, 0.1) is 17.0 Å². The molecule has 3 aromatic rings. The molecule has 2 heterocycles. The van der Waals surface area contributed by atoms with Gasteiger partial charge in [0, 0.05) is 0 Å². The first-order valence-electron chi connectivity index (χ1n) is 7.10. The summed E-state index contributed by atoms with van der Waals surface area (Å²) >= 11 is 5.71. The third kappa shape index (κ3) is 3.74. The Labute approximate surface area is 140 Å². The summed E-state index contributed by atoms with van der Waals surface area (Å²) < 4.78 is 31.6. The summed E-state index contributed by atoms with van der Waals surface area (Å²) in [6.45, 7) is 0.360. The van der Waals surface area contributed by atoms with Crippen molar-refractivity contribution >= 4 is 22.6 Å². The van der Waals surface area contributed by atoms with Gasteiger partial charge in [0.2, 0.25) is 5.95 Å². The van der Waals surface area contributed by atoms with Gasteiger partial charge in [-0.1, -0.05) is 17.7 Å². The van der Waals surface area contributed by atoms with Gasteiger partial charge in [0.25, 0.3) is 5.56 Å². The van der Waals surface area contributed by atoms with Crippen LogP contribution in [0.3, 0.4) is 0 Å². The molecule has 0 radical (unpaired) electrons. The highest BCUT2D eigenvalue weighted by molar-refractivity contribution is 6.30. The van der Waals surface area contributed by atoms with E-state index in [1.54, 1.807) is 6.07 Å². The zero-order valence-electron chi connectivity index (χ0n) is 12.4. The summed E-state index contributed by atoms with van der Waals surface area (Å²) in [5, 5.41) is 0.266. The first-order valence-corrected chi connectivity index (χ1v) is 7.48. The van der Waals surface area contributed by atoms with Crippen LogP contribution in [-0.2, 0) is 17.8 Å². The molecule has 2 aromatic heterocycles. The van der Waals surface area contributed by atoms with Gasteiger partial charge in [-0.15, -0.1) is 0 Å². The molecule has 0 aliphatic carbocycles. The number of hydrogen-bond donors (Lipinski definition) is 1. The van der Waals surface area contributed by atoms with Gasteiger partial charge in [-0.3, -0.25) is 4.79 Å². The number of H-pyrrole nitrogens is 1. The number of pyridine rings is 1. The minimum Gasteiger partial charge on any atom is -0.373 e. The highest BCUT2D eigenvalue weighted by Gasteiger charge is 2.07. The second-order valence-corrected chi connectivity index (χ2v) is 5.48. The lowest BCUT2D eigenvalue weighted by Gasteiger charge is -2.06. The number of aromatic amines is 1. The molecule has 3 rings (SSSR count). The van der Waals surface area contributed by atoms with E-state index in [1.165, 1.54) is 18.2 Å². The van der Waals surface area contributed by atoms with E-state index in [4.69, 9.17) is 16.3 Å². The van der Waals surface area contributed by atoms with Gasteiger partial charge in [-0.05, 0) is 36.2 Å². The van der Waals surface area contributed by atoms with Crippen LogP contribution in [0.4, 0.5) is 8.78 Å². The van der Waals surface area contributed by atoms with Gasteiger partial charge >= 0.3 is 0 Å². The van der Waals surface area contributed by atoms with Crippen molar-refractivity contribution in [1.29, 1.82) is 0 Å². The topological polar surface area (TPSA) is 67.9 Å². The van der Waals surface area contributed by atoms with Gasteiger partial charge in [-0.2, -0.15) is 9.37 Å². The molecule has 0 saturated heterocycles. The molecule has 0 spiro atoms. The van der Waals surface area contributed by atoms with Crippen molar-refractivity contribution in [3.63, 3.8) is 0 Å². The zero-order chi connectivity index (χ0) is 17.1. The fourth-order valence-electron chi connectivity index (χ4n) is 2.16. The SMILES string of the molecule is O=c1[nH]c(COCCc2ccc(F)c(Cl)c2)nc2nc(F)ccc12. The molecule has 0 aliphatic rings. The Balaban J connectivity index is 1.63. The van der Waals surface area contributed by atoms with Crippen LogP contribution >= 0.6 is 11.6 Å². The Kier molecular flexibility index (Phi) is 4.82. The molecular formula is C16H12ClF2N3O2. The smallest absolute Gasteiger partial charge is 0.260 e. The van der Waals surface area contributed by atoms with Crippen LogP contribution < -0.4 is 5.56 Å². The molecule has 0 aliphatic heterocycles. The standard InChI is InChI=1S/C16H12ClF2N3O2/c17-11-7-9(1-3-12(11)18)5-6-24-8-14-21-15-10(16(23)22-14)2-4-13(19)20-15/h1-4,7H,5-6,8H2,(H,20,21,22,23). The van der Waals surface area contributed by atoms with Crippen molar-refractivity contribution in [1.82, 2.24) is 15.0 Å². The molecule has 24 heavy (non-hydrogen) atoms. The molecule has 0 atom stereocenters. The van der Waals surface area contributed by atoms with Crippen molar-refractivity contribution in [2.45, 2.75) is 13.0 Å². The van der Waals surface area contributed by atoms with Gasteiger partial charge in [0.1, 0.15) is 18.2 Å². The summed E-state index contributed by atoms with van der Waals surface area (Å²) in [5.41, 5.74) is 0.448. The molecule has 0 fully saturated rings. The predicted molar refractivity (Wildman–Crippen MR) is 84.9 cm³/mol. The number of rotatable bonds is 5. The summed E-state index contributed by atoms with van der Waals surface area (Å²) in [5.74, 6) is -0.928. The van der Waals surface area contributed by atoms with Crippen LogP contribution in [0.5, 0.6) is 0 Å². The molecular weight excluding hydrogens is 340 g/mol. The van der Waals surface area contributed by atoms with Crippen LogP contribution in [-0.4, -0.2) is 21.6 Å². The lowest BCUT2D eigenvalue weighted by Crippen LogP contribution is -2.14. The fraction of sp³-hybridized carbons (Fsp3) is 0.188. The summed E-state index contributed by atoms with van der Waals surface area (Å²) in [6, 6.07) is 6.87. The summed E-state index contributed by atoms with van der Waals surface area (Å²) in [4.78, 5) is 22.1. The van der Waals surface area contributed by atoms with Crippen molar-refractivity contribution in [2.24, 2.45) is 0 Å². The molecule has 0 bridgehead atoms. The number of ether oxygens (including phenoxy) is 1. The molecule has 1 N–H and O–H groups in total. The summed E-state index contributed by atoms with van der Waals surface area (Å²) in [7, 11) is 0. The van der Waals surface area contributed by atoms with Crippen LogP contribution in [0.25, 0.3) is 11.0 Å². The van der Waals surface area contributed by atoms with E-state index in [2.05, 4.69) is 15.0 Å². The largest absolute Gasteiger partial charge is 0.373 e. The van der Waals surface area contributed by atoms with Crippen molar-refractivity contribution < 1.29 is 13.5 Å². The number of nitrogens with one attached hydrogen (secondary N) is 1. The number of benzene rings is 1. The van der Waals surface area contributed by atoms with E-state index in [1.807, 2.05) is 0 Å². The number of nitrogens with zero attached hydrogens (tertiary/aromatic N) is 2. The maximum atomic E-state index is 13.1. The molecule has 124 valence electrons. The monoisotopic (exact) mass is 351 g/mol. The fourth-order valence-corrected chi connectivity index (χ4v) is 2.37. The Bertz CT molecular complexity index is 946. The molecule has 8 heteroatoms. The first kappa shape index (κ1) is 16.5. The van der Waals surface area contributed by atoms with Crippen LogP contribution in [0.2, 0.25) is 5.02 Å². The highest BCUT2D eigenvalue weighted by atomic mass is 35.5. The second-order valence-electron chi connectivity index (χ2n) is 5.07. The lowest BCUT2D eigenvalue weighted by atomic mass is 10.1. The normalized spacial score (nSPS) is 11.1. The van der Waals surface area contributed by atoms with E-state index in [-0.39, 0.29) is 28.5 Å².